The lowest BCUT2D eigenvalue weighted by atomic mass is 10.3. The van der Waals surface area contributed by atoms with Crippen molar-refractivity contribution >= 4 is 9.73 Å². The van der Waals surface area contributed by atoms with Crippen molar-refractivity contribution in [3.05, 3.63) is 11.5 Å². The maximum atomic E-state index is 12.2. The summed E-state index contributed by atoms with van der Waals surface area (Å²) in [6.07, 6.45) is 0. The quantitative estimate of drug-likeness (QED) is 0.446. The van der Waals surface area contributed by atoms with Crippen LogP contribution in [-0.4, -0.2) is 15.0 Å². The Labute approximate surface area is 66.6 Å². The van der Waals surface area contributed by atoms with Crippen LogP contribution in [0.25, 0.3) is 4.95 Å². The highest BCUT2D eigenvalue weighted by Gasteiger charge is 2.29. The molecule has 0 aromatic heterocycles. The summed E-state index contributed by atoms with van der Waals surface area (Å²) in [6, 6.07) is -1.06. The molecule has 0 rings (SSSR count). The first-order valence-electron chi connectivity index (χ1n) is 3.03. The Hall–Kier alpha value is -0.630. The van der Waals surface area contributed by atoms with Crippen molar-refractivity contribution in [1.29, 1.82) is 0 Å². The number of hydrogen-bond acceptors (Lipinski definition) is 2. The molecule has 3 nitrogen and oxygen atoms in total. The zero-order valence-electron chi connectivity index (χ0n) is 6.80. The Kier molecular flexibility index (Phi) is 3.00. The molecule has 0 bridgehead atoms. The van der Waals surface area contributed by atoms with Gasteiger partial charge in [-0.3, -0.25) is 0 Å². The molecule has 0 aromatic carbocycles. The van der Waals surface area contributed by atoms with Gasteiger partial charge < -0.3 is 0 Å². The predicted molar refractivity (Wildman–Crippen MR) is 42.9 cm³/mol. The van der Waals surface area contributed by atoms with Gasteiger partial charge in [-0.1, -0.05) is 0 Å². The summed E-state index contributed by atoms with van der Waals surface area (Å²) in [6.45, 7) is 11.2. The second-order valence-electron chi connectivity index (χ2n) is 3.04. The van der Waals surface area contributed by atoms with E-state index in [4.69, 9.17) is 6.57 Å². The lowest BCUT2D eigenvalue weighted by molar-refractivity contribution is 0.557. The molecule has 0 radical (unpaired) electrons. The summed E-state index contributed by atoms with van der Waals surface area (Å²) in [7, 11) is -2.99. The van der Waals surface area contributed by atoms with E-state index >= 15 is 0 Å². The summed E-state index contributed by atoms with van der Waals surface area (Å²) < 4.78 is 26.0. The Morgan fingerprint density at radius 2 is 2.09 bits per heavy atom. The molecule has 0 heterocycles. The highest BCUT2D eigenvalue weighted by molar-refractivity contribution is 7.94. The molecular weight excluding hydrogens is 167 g/mol. The molecule has 64 valence electrons. The topological polar surface area (TPSA) is 33.8 Å². The van der Waals surface area contributed by atoms with Crippen molar-refractivity contribution in [1.82, 2.24) is 0 Å². The molecule has 0 N–H and O–H groups in total. The Bertz CT molecular complexity index is 278. The van der Waals surface area contributed by atoms with Gasteiger partial charge in [-0.15, -0.1) is 4.95 Å². The molecule has 0 amide bonds. The van der Waals surface area contributed by atoms with Crippen molar-refractivity contribution in [2.45, 2.75) is 25.5 Å². The molecule has 0 fully saturated rings. The van der Waals surface area contributed by atoms with Crippen LogP contribution in [-0.2, 0) is 9.73 Å². The fourth-order valence-electron chi connectivity index (χ4n) is 0.374. The van der Waals surface area contributed by atoms with E-state index in [0.29, 0.717) is 0 Å². The van der Waals surface area contributed by atoms with Crippen molar-refractivity contribution in [2.75, 3.05) is 6.01 Å². The summed E-state index contributed by atoms with van der Waals surface area (Å²) in [5.41, 5.74) is 0. The van der Waals surface area contributed by atoms with Crippen LogP contribution in [0.1, 0.15) is 20.8 Å². The molecule has 0 aliphatic rings. The lowest BCUT2D eigenvalue weighted by Crippen LogP contribution is -2.28. The number of hydrogen-bond donors (Lipinski definition) is 0. The summed E-state index contributed by atoms with van der Waals surface area (Å²) in [5, 5.41) is 0. The van der Waals surface area contributed by atoms with Crippen molar-refractivity contribution in [3.63, 3.8) is 0 Å². The number of halogens is 1. The lowest BCUT2D eigenvalue weighted by Gasteiger charge is -2.17. The molecule has 1 unspecified atom stereocenters. The number of rotatable bonds is 1. The van der Waals surface area contributed by atoms with Crippen LogP contribution in [0.15, 0.2) is 4.47 Å². The first-order valence-corrected chi connectivity index (χ1v) is 4.72. The Balaban J connectivity index is 5.15. The van der Waals surface area contributed by atoms with Gasteiger partial charge in [0.15, 0.2) is 15.7 Å². The van der Waals surface area contributed by atoms with E-state index in [-0.39, 0.29) is 0 Å². The summed E-state index contributed by atoms with van der Waals surface area (Å²) in [4.78, 5) is 2.60. The second kappa shape index (κ2) is 3.18. The van der Waals surface area contributed by atoms with Crippen LogP contribution >= 0.6 is 0 Å². The van der Waals surface area contributed by atoms with E-state index in [1.807, 2.05) is 0 Å². The van der Waals surface area contributed by atoms with Gasteiger partial charge in [0, 0.05) is 0 Å². The van der Waals surface area contributed by atoms with Crippen LogP contribution in [0.4, 0.5) is 4.39 Å². The van der Waals surface area contributed by atoms with Gasteiger partial charge in [-0.25, -0.2) is 8.60 Å². The van der Waals surface area contributed by atoms with Gasteiger partial charge >= 0.3 is 0 Å². The molecule has 0 aliphatic carbocycles. The summed E-state index contributed by atoms with van der Waals surface area (Å²) >= 11 is 0. The van der Waals surface area contributed by atoms with E-state index in [1.54, 1.807) is 20.8 Å². The normalized spacial score (nSPS) is 16.6. The van der Waals surface area contributed by atoms with Gasteiger partial charge in [-0.05, 0) is 20.8 Å². The molecule has 0 saturated carbocycles. The van der Waals surface area contributed by atoms with E-state index in [0.717, 1.165) is 0 Å². The molecule has 0 aromatic rings. The smallest absolute Gasteiger partial charge is 0.179 e. The van der Waals surface area contributed by atoms with Gasteiger partial charge in [0.25, 0.3) is 0 Å². The zero-order valence-corrected chi connectivity index (χ0v) is 7.61. The first-order chi connectivity index (χ1) is 4.87. The van der Waals surface area contributed by atoms with E-state index < -0.39 is 20.5 Å². The minimum atomic E-state index is -2.99. The van der Waals surface area contributed by atoms with Crippen molar-refractivity contribution < 1.29 is 8.60 Å². The molecule has 0 saturated heterocycles. The largest absolute Gasteiger partial charge is 0.240 e. The van der Waals surface area contributed by atoms with Gasteiger partial charge in [-0.2, -0.15) is 6.57 Å². The maximum absolute atomic E-state index is 12.2. The third kappa shape index (κ3) is 2.15. The highest BCUT2D eigenvalue weighted by Crippen LogP contribution is 2.19. The molecule has 0 aliphatic heterocycles. The van der Waals surface area contributed by atoms with Crippen LogP contribution in [0.2, 0.25) is 0 Å². The van der Waals surface area contributed by atoms with E-state index in [2.05, 4.69) is 9.43 Å². The third-order valence-electron chi connectivity index (χ3n) is 1.28. The molecule has 5 heteroatoms. The van der Waals surface area contributed by atoms with Gasteiger partial charge in [0.1, 0.15) is 4.47 Å². The first kappa shape index (κ1) is 10.4. The Morgan fingerprint density at radius 3 is 2.18 bits per heavy atom. The molecular formula is C6H11FN2OS. The minimum Gasteiger partial charge on any atom is -0.240 e. The molecule has 0 spiro atoms. The number of nitrogens with zero attached hydrogens (tertiary/aromatic N) is 2. The summed E-state index contributed by atoms with van der Waals surface area (Å²) in [5.74, 6) is 0. The fourth-order valence-corrected chi connectivity index (χ4v) is 1.12. The van der Waals surface area contributed by atoms with E-state index in [9.17, 15) is 8.60 Å². The second-order valence-corrected chi connectivity index (χ2v) is 5.93. The standard InChI is InChI=1S/C6H11FN2OS/c1-6(2,3)11(10,5-7)9-8-4/h5H2,1-3H3. The maximum Gasteiger partial charge on any atom is 0.179 e. The zero-order chi connectivity index (χ0) is 9.12. The van der Waals surface area contributed by atoms with Crippen molar-refractivity contribution in [2.24, 2.45) is 4.47 Å². The average Bonchev–Trinajstić information content (AvgIpc) is 1.86. The highest BCUT2D eigenvalue weighted by atomic mass is 32.2. The van der Waals surface area contributed by atoms with Crippen LogP contribution in [0.5, 0.6) is 0 Å². The average molecular weight is 178 g/mol. The third-order valence-corrected chi connectivity index (χ3v) is 3.83. The SMILES string of the molecule is [C-]#[N+]N=S(=O)(CF)C(C)(C)C. The van der Waals surface area contributed by atoms with Crippen LogP contribution < -0.4 is 0 Å². The Morgan fingerprint density at radius 1 is 1.64 bits per heavy atom. The molecule has 11 heavy (non-hydrogen) atoms. The van der Waals surface area contributed by atoms with Gasteiger partial charge in [0.05, 0.1) is 4.75 Å². The van der Waals surface area contributed by atoms with E-state index in [1.165, 1.54) is 0 Å². The molecule has 1 atom stereocenters. The predicted octanol–water partition coefficient (Wildman–Crippen LogP) is 2.01. The fraction of sp³-hybridized carbons (Fsp3) is 0.833. The monoisotopic (exact) mass is 178 g/mol. The van der Waals surface area contributed by atoms with Crippen LogP contribution in [0.3, 0.4) is 0 Å². The minimum absolute atomic E-state index is 0.772. The van der Waals surface area contributed by atoms with Crippen molar-refractivity contribution in [3.8, 4) is 0 Å². The van der Waals surface area contributed by atoms with Crippen LogP contribution in [0, 0.1) is 6.57 Å². The number of alkyl halides is 1. The van der Waals surface area contributed by atoms with Gasteiger partial charge in [0.2, 0.25) is 0 Å².